The topological polar surface area (TPSA) is 52.0 Å². The lowest BCUT2D eigenvalue weighted by atomic mass is 9.99. The number of fused-ring (bicyclic) bond motifs is 1. The standard InChI is InChI=1S/C16H22N2.ClH/c17-16(18)12-3-1-2-7-13-9-6-10-14-8-4-5-11-15(13)14;/h4-6,8-11,16H,1-3,7,12,17-18H2;1H. The fourth-order valence-corrected chi connectivity index (χ4v) is 2.38. The molecular formula is C16H23ClN2. The zero-order chi connectivity index (χ0) is 12.8. The molecule has 2 aromatic carbocycles. The number of halogens is 1. The average Bonchev–Trinajstić information content (AvgIpc) is 2.38. The lowest BCUT2D eigenvalue weighted by molar-refractivity contribution is 0.565. The molecule has 0 bridgehead atoms. The van der Waals surface area contributed by atoms with Crippen LogP contribution in [0.2, 0.25) is 0 Å². The minimum atomic E-state index is -0.150. The highest BCUT2D eigenvalue weighted by molar-refractivity contribution is 5.85. The number of nitrogens with two attached hydrogens (primary N) is 2. The van der Waals surface area contributed by atoms with Crippen molar-refractivity contribution in [1.29, 1.82) is 0 Å². The number of hydrogen-bond donors (Lipinski definition) is 2. The van der Waals surface area contributed by atoms with Gasteiger partial charge in [-0.25, -0.2) is 0 Å². The van der Waals surface area contributed by atoms with Crippen LogP contribution in [-0.4, -0.2) is 6.17 Å². The van der Waals surface area contributed by atoms with E-state index in [-0.39, 0.29) is 18.6 Å². The Morgan fingerprint density at radius 3 is 2.37 bits per heavy atom. The molecule has 2 nitrogen and oxygen atoms in total. The molecule has 0 amide bonds. The average molecular weight is 279 g/mol. The summed E-state index contributed by atoms with van der Waals surface area (Å²) >= 11 is 0. The first kappa shape index (κ1) is 16.0. The van der Waals surface area contributed by atoms with E-state index in [0.29, 0.717) is 0 Å². The molecule has 2 aromatic rings. The Labute approximate surface area is 121 Å². The first-order valence-electron chi connectivity index (χ1n) is 6.75. The first-order chi connectivity index (χ1) is 8.77. The minimum absolute atomic E-state index is 0. The molecule has 0 spiro atoms. The van der Waals surface area contributed by atoms with Gasteiger partial charge >= 0.3 is 0 Å². The van der Waals surface area contributed by atoms with Crippen LogP contribution in [0.25, 0.3) is 10.8 Å². The molecule has 2 rings (SSSR count). The van der Waals surface area contributed by atoms with Crippen molar-refractivity contribution in [2.75, 3.05) is 0 Å². The Balaban J connectivity index is 0.00000180. The third kappa shape index (κ3) is 4.83. The fourth-order valence-electron chi connectivity index (χ4n) is 2.38. The van der Waals surface area contributed by atoms with Gasteiger partial charge in [-0.15, -0.1) is 12.4 Å². The summed E-state index contributed by atoms with van der Waals surface area (Å²) in [4.78, 5) is 0. The highest BCUT2D eigenvalue weighted by atomic mass is 35.5. The van der Waals surface area contributed by atoms with E-state index < -0.39 is 0 Å². The van der Waals surface area contributed by atoms with E-state index in [0.717, 1.165) is 19.3 Å². The van der Waals surface area contributed by atoms with Crippen LogP contribution >= 0.6 is 12.4 Å². The van der Waals surface area contributed by atoms with E-state index in [1.807, 2.05) is 0 Å². The van der Waals surface area contributed by atoms with Crippen LogP contribution in [-0.2, 0) is 6.42 Å². The monoisotopic (exact) mass is 278 g/mol. The molecule has 0 saturated carbocycles. The van der Waals surface area contributed by atoms with Crippen molar-refractivity contribution in [2.24, 2.45) is 11.5 Å². The van der Waals surface area contributed by atoms with E-state index in [2.05, 4.69) is 42.5 Å². The molecule has 0 aromatic heterocycles. The van der Waals surface area contributed by atoms with Gasteiger partial charge in [0.05, 0.1) is 6.17 Å². The third-order valence-corrected chi connectivity index (χ3v) is 3.36. The molecule has 0 unspecified atom stereocenters. The number of unbranched alkanes of at least 4 members (excludes halogenated alkanes) is 2. The van der Waals surface area contributed by atoms with E-state index >= 15 is 0 Å². The van der Waals surface area contributed by atoms with Gasteiger partial charge in [0.1, 0.15) is 0 Å². The van der Waals surface area contributed by atoms with Crippen molar-refractivity contribution < 1.29 is 0 Å². The lowest BCUT2D eigenvalue weighted by Gasteiger charge is -2.07. The molecule has 0 heterocycles. The lowest BCUT2D eigenvalue weighted by Crippen LogP contribution is -2.29. The molecule has 4 N–H and O–H groups in total. The van der Waals surface area contributed by atoms with Crippen LogP contribution in [0.1, 0.15) is 31.2 Å². The van der Waals surface area contributed by atoms with Crippen LogP contribution < -0.4 is 11.5 Å². The largest absolute Gasteiger partial charge is 0.316 e. The van der Waals surface area contributed by atoms with Gasteiger partial charge in [-0.3, -0.25) is 0 Å². The highest BCUT2D eigenvalue weighted by Crippen LogP contribution is 2.20. The second-order valence-corrected chi connectivity index (χ2v) is 4.90. The minimum Gasteiger partial charge on any atom is -0.316 e. The summed E-state index contributed by atoms with van der Waals surface area (Å²) in [5.41, 5.74) is 12.5. The van der Waals surface area contributed by atoms with Crippen LogP contribution in [0.5, 0.6) is 0 Å². The molecule has 19 heavy (non-hydrogen) atoms. The summed E-state index contributed by atoms with van der Waals surface area (Å²) in [6.07, 6.45) is 5.45. The highest BCUT2D eigenvalue weighted by Gasteiger charge is 2.00. The number of hydrogen-bond acceptors (Lipinski definition) is 2. The summed E-state index contributed by atoms with van der Waals surface area (Å²) in [6.45, 7) is 0. The molecule has 0 fully saturated rings. The van der Waals surface area contributed by atoms with Crippen molar-refractivity contribution in [2.45, 2.75) is 38.3 Å². The second kappa shape index (κ2) is 8.16. The third-order valence-electron chi connectivity index (χ3n) is 3.36. The Morgan fingerprint density at radius 1 is 0.842 bits per heavy atom. The first-order valence-corrected chi connectivity index (χ1v) is 6.75. The number of benzene rings is 2. The quantitative estimate of drug-likeness (QED) is 0.626. The molecule has 0 aliphatic heterocycles. The SMILES string of the molecule is Cl.NC(N)CCCCCc1cccc2ccccc12. The van der Waals surface area contributed by atoms with Crippen molar-refractivity contribution in [1.82, 2.24) is 0 Å². The Morgan fingerprint density at radius 2 is 1.58 bits per heavy atom. The van der Waals surface area contributed by atoms with Gasteiger partial charge in [-0.1, -0.05) is 55.3 Å². The Hall–Kier alpha value is -1.09. The van der Waals surface area contributed by atoms with E-state index in [1.165, 1.54) is 29.2 Å². The van der Waals surface area contributed by atoms with Crippen molar-refractivity contribution in [3.8, 4) is 0 Å². The molecule has 0 aliphatic carbocycles. The van der Waals surface area contributed by atoms with Crippen molar-refractivity contribution >= 4 is 23.2 Å². The van der Waals surface area contributed by atoms with Gasteiger partial charge in [0.15, 0.2) is 0 Å². The summed E-state index contributed by atoms with van der Waals surface area (Å²) in [5.74, 6) is 0. The van der Waals surface area contributed by atoms with Gasteiger partial charge < -0.3 is 11.5 Å². The maximum atomic E-state index is 5.54. The van der Waals surface area contributed by atoms with Crippen molar-refractivity contribution in [3.05, 3.63) is 48.0 Å². The van der Waals surface area contributed by atoms with E-state index in [9.17, 15) is 0 Å². The molecule has 0 radical (unpaired) electrons. The molecule has 104 valence electrons. The summed E-state index contributed by atoms with van der Waals surface area (Å²) in [5, 5.41) is 2.72. The summed E-state index contributed by atoms with van der Waals surface area (Å²) < 4.78 is 0. The molecule has 0 saturated heterocycles. The molecule has 0 atom stereocenters. The van der Waals surface area contributed by atoms with E-state index in [1.54, 1.807) is 0 Å². The van der Waals surface area contributed by atoms with Crippen LogP contribution in [0, 0.1) is 0 Å². The second-order valence-electron chi connectivity index (χ2n) is 4.90. The van der Waals surface area contributed by atoms with Gasteiger partial charge in [0, 0.05) is 0 Å². The molecule has 3 heteroatoms. The van der Waals surface area contributed by atoms with Gasteiger partial charge in [0.2, 0.25) is 0 Å². The van der Waals surface area contributed by atoms with Crippen molar-refractivity contribution in [3.63, 3.8) is 0 Å². The summed E-state index contributed by atoms with van der Waals surface area (Å²) in [6, 6.07) is 15.1. The van der Waals surface area contributed by atoms with Gasteiger partial charge in [-0.2, -0.15) is 0 Å². The molecular weight excluding hydrogens is 256 g/mol. The zero-order valence-electron chi connectivity index (χ0n) is 11.2. The summed E-state index contributed by atoms with van der Waals surface area (Å²) in [7, 11) is 0. The molecule has 0 aliphatic rings. The van der Waals surface area contributed by atoms with Crippen LogP contribution in [0.3, 0.4) is 0 Å². The fraction of sp³-hybridized carbons (Fsp3) is 0.375. The van der Waals surface area contributed by atoms with Gasteiger partial charge in [0.25, 0.3) is 0 Å². The number of aryl methyl sites for hydroxylation is 1. The number of rotatable bonds is 6. The predicted molar refractivity (Wildman–Crippen MR) is 85.5 cm³/mol. The maximum Gasteiger partial charge on any atom is 0.0520 e. The Bertz CT molecular complexity index is 492. The Kier molecular flexibility index (Phi) is 6.85. The predicted octanol–water partition coefficient (Wildman–Crippen LogP) is 3.61. The van der Waals surface area contributed by atoms with Crippen LogP contribution in [0.4, 0.5) is 0 Å². The van der Waals surface area contributed by atoms with Crippen LogP contribution in [0.15, 0.2) is 42.5 Å². The van der Waals surface area contributed by atoms with E-state index in [4.69, 9.17) is 11.5 Å². The maximum absolute atomic E-state index is 5.54. The normalized spacial score (nSPS) is 10.7. The van der Waals surface area contributed by atoms with Gasteiger partial charge in [-0.05, 0) is 35.6 Å². The zero-order valence-corrected chi connectivity index (χ0v) is 12.0. The smallest absolute Gasteiger partial charge is 0.0520 e.